The van der Waals surface area contributed by atoms with E-state index < -0.39 is 0 Å². The Morgan fingerprint density at radius 1 is 1.33 bits per heavy atom. The summed E-state index contributed by atoms with van der Waals surface area (Å²) in [5.41, 5.74) is 1.00. The van der Waals surface area contributed by atoms with E-state index in [9.17, 15) is 4.79 Å². The molecule has 18 heavy (non-hydrogen) atoms. The number of Topliss-reactive ketones (excluding diaryl/α,β-unsaturated/α-hetero) is 1. The van der Waals surface area contributed by atoms with E-state index in [1.54, 1.807) is 0 Å². The molecular formula is C14H19ClN2O. The zero-order valence-corrected chi connectivity index (χ0v) is 11.2. The SMILES string of the molecule is O=C(Cc1cccc(Cl)c1)CN1CCCNCC1. The zero-order valence-electron chi connectivity index (χ0n) is 10.5. The molecular weight excluding hydrogens is 248 g/mol. The Hall–Kier alpha value is -0.900. The van der Waals surface area contributed by atoms with Crippen LogP contribution < -0.4 is 5.32 Å². The van der Waals surface area contributed by atoms with Gasteiger partial charge in [0.05, 0.1) is 6.54 Å². The number of carbonyl (C=O) groups is 1. The van der Waals surface area contributed by atoms with Gasteiger partial charge in [0, 0.05) is 24.5 Å². The second-order valence-corrected chi connectivity index (χ2v) is 5.16. The van der Waals surface area contributed by atoms with E-state index in [1.807, 2.05) is 24.3 Å². The van der Waals surface area contributed by atoms with Crippen LogP contribution in [0.4, 0.5) is 0 Å². The minimum absolute atomic E-state index is 0.263. The zero-order chi connectivity index (χ0) is 12.8. The van der Waals surface area contributed by atoms with Crippen LogP contribution in [0.15, 0.2) is 24.3 Å². The summed E-state index contributed by atoms with van der Waals surface area (Å²) < 4.78 is 0. The molecule has 1 heterocycles. The summed E-state index contributed by atoms with van der Waals surface area (Å²) in [6.45, 7) is 4.55. The Balaban J connectivity index is 1.84. The maximum atomic E-state index is 12.0. The Morgan fingerprint density at radius 2 is 2.22 bits per heavy atom. The predicted octanol–water partition coefficient (Wildman–Crippen LogP) is 1.75. The molecule has 4 heteroatoms. The Bertz CT molecular complexity index is 401. The number of hydrogen-bond donors (Lipinski definition) is 1. The first kappa shape index (κ1) is 13.5. The highest BCUT2D eigenvalue weighted by molar-refractivity contribution is 6.30. The van der Waals surface area contributed by atoms with E-state index in [4.69, 9.17) is 11.6 Å². The van der Waals surface area contributed by atoms with Crippen molar-refractivity contribution in [1.29, 1.82) is 0 Å². The molecule has 0 unspecified atom stereocenters. The number of rotatable bonds is 4. The standard InChI is InChI=1S/C14H19ClN2O/c15-13-4-1-3-12(9-13)10-14(18)11-17-7-2-5-16-6-8-17/h1,3-4,9,16H,2,5-8,10-11H2. The van der Waals surface area contributed by atoms with Crippen LogP contribution in [0.3, 0.4) is 0 Å². The molecule has 1 aliphatic heterocycles. The van der Waals surface area contributed by atoms with Crippen molar-refractivity contribution in [2.75, 3.05) is 32.7 Å². The lowest BCUT2D eigenvalue weighted by atomic mass is 10.1. The summed E-state index contributed by atoms with van der Waals surface area (Å²) in [5, 5.41) is 4.03. The van der Waals surface area contributed by atoms with Crippen molar-refractivity contribution in [1.82, 2.24) is 10.2 Å². The van der Waals surface area contributed by atoms with Crippen molar-refractivity contribution in [3.05, 3.63) is 34.9 Å². The van der Waals surface area contributed by atoms with Gasteiger partial charge in [-0.3, -0.25) is 9.69 Å². The highest BCUT2D eigenvalue weighted by atomic mass is 35.5. The van der Waals surface area contributed by atoms with E-state index in [-0.39, 0.29) is 5.78 Å². The van der Waals surface area contributed by atoms with Gasteiger partial charge in [0.2, 0.25) is 0 Å². The minimum atomic E-state index is 0.263. The molecule has 0 spiro atoms. The molecule has 1 aromatic carbocycles. The Kier molecular flexibility index (Phi) is 5.17. The highest BCUT2D eigenvalue weighted by Crippen LogP contribution is 2.11. The number of carbonyl (C=O) groups excluding carboxylic acids is 1. The van der Waals surface area contributed by atoms with Crippen molar-refractivity contribution >= 4 is 17.4 Å². The van der Waals surface area contributed by atoms with Crippen molar-refractivity contribution in [2.45, 2.75) is 12.8 Å². The molecule has 1 N–H and O–H groups in total. The van der Waals surface area contributed by atoms with Gasteiger partial charge in [-0.25, -0.2) is 0 Å². The molecule has 0 bridgehead atoms. The van der Waals surface area contributed by atoms with Crippen LogP contribution >= 0.6 is 11.6 Å². The summed E-state index contributed by atoms with van der Waals surface area (Å²) in [6, 6.07) is 7.54. The van der Waals surface area contributed by atoms with Crippen LogP contribution in [0.2, 0.25) is 5.02 Å². The number of halogens is 1. The summed E-state index contributed by atoms with van der Waals surface area (Å²) in [6.07, 6.45) is 1.59. The van der Waals surface area contributed by atoms with E-state index in [0.29, 0.717) is 18.0 Å². The van der Waals surface area contributed by atoms with Crippen LogP contribution in [0.5, 0.6) is 0 Å². The van der Waals surface area contributed by atoms with Crippen molar-refractivity contribution in [2.24, 2.45) is 0 Å². The molecule has 0 radical (unpaired) electrons. The van der Waals surface area contributed by atoms with Gasteiger partial charge in [-0.15, -0.1) is 0 Å². The number of ketones is 1. The quantitative estimate of drug-likeness (QED) is 0.901. The van der Waals surface area contributed by atoms with Gasteiger partial charge in [-0.05, 0) is 37.2 Å². The summed E-state index contributed by atoms with van der Waals surface area (Å²) in [7, 11) is 0. The Labute approximate surface area is 113 Å². The molecule has 0 aromatic heterocycles. The third-order valence-electron chi connectivity index (χ3n) is 3.12. The van der Waals surface area contributed by atoms with Gasteiger partial charge >= 0.3 is 0 Å². The third-order valence-corrected chi connectivity index (χ3v) is 3.36. The fraction of sp³-hybridized carbons (Fsp3) is 0.500. The molecule has 0 amide bonds. The van der Waals surface area contributed by atoms with Gasteiger partial charge in [0.25, 0.3) is 0 Å². The maximum absolute atomic E-state index is 12.0. The number of nitrogens with one attached hydrogen (secondary N) is 1. The first-order valence-corrected chi connectivity index (χ1v) is 6.81. The molecule has 1 aliphatic rings. The van der Waals surface area contributed by atoms with Gasteiger partial charge in [0.1, 0.15) is 0 Å². The van der Waals surface area contributed by atoms with Crippen molar-refractivity contribution in [3.8, 4) is 0 Å². The molecule has 0 aliphatic carbocycles. The van der Waals surface area contributed by atoms with E-state index in [0.717, 1.165) is 38.2 Å². The maximum Gasteiger partial charge on any atom is 0.151 e. The van der Waals surface area contributed by atoms with Gasteiger partial charge < -0.3 is 5.32 Å². The molecule has 2 rings (SSSR count). The molecule has 1 saturated heterocycles. The van der Waals surface area contributed by atoms with E-state index in [2.05, 4.69) is 10.2 Å². The largest absolute Gasteiger partial charge is 0.315 e. The van der Waals surface area contributed by atoms with E-state index in [1.165, 1.54) is 0 Å². The summed E-state index contributed by atoms with van der Waals surface area (Å²) in [4.78, 5) is 14.2. The van der Waals surface area contributed by atoms with Crippen molar-refractivity contribution < 1.29 is 4.79 Å². The molecule has 98 valence electrons. The molecule has 3 nitrogen and oxygen atoms in total. The molecule has 0 atom stereocenters. The first-order valence-electron chi connectivity index (χ1n) is 6.43. The second-order valence-electron chi connectivity index (χ2n) is 4.73. The minimum Gasteiger partial charge on any atom is -0.315 e. The summed E-state index contributed by atoms with van der Waals surface area (Å²) >= 11 is 5.91. The van der Waals surface area contributed by atoms with Gasteiger partial charge in [-0.2, -0.15) is 0 Å². The second kappa shape index (κ2) is 6.88. The fourth-order valence-corrected chi connectivity index (χ4v) is 2.45. The van der Waals surface area contributed by atoms with Crippen LogP contribution in [0, 0.1) is 0 Å². The normalized spacial score (nSPS) is 17.4. The lowest BCUT2D eigenvalue weighted by Crippen LogP contribution is -2.33. The van der Waals surface area contributed by atoms with Gasteiger partial charge in [-0.1, -0.05) is 23.7 Å². The number of hydrogen-bond acceptors (Lipinski definition) is 3. The summed E-state index contributed by atoms with van der Waals surface area (Å²) in [5.74, 6) is 0.263. The first-order chi connectivity index (χ1) is 8.74. The highest BCUT2D eigenvalue weighted by Gasteiger charge is 2.13. The molecule has 1 aromatic rings. The lowest BCUT2D eigenvalue weighted by Gasteiger charge is -2.18. The van der Waals surface area contributed by atoms with E-state index >= 15 is 0 Å². The smallest absolute Gasteiger partial charge is 0.151 e. The molecule has 1 fully saturated rings. The number of benzene rings is 1. The predicted molar refractivity (Wildman–Crippen MR) is 74.1 cm³/mol. The third kappa shape index (κ3) is 4.41. The van der Waals surface area contributed by atoms with Gasteiger partial charge in [0.15, 0.2) is 5.78 Å². The van der Waals surface area contributed by atoms with Crippen molar-refractivity contribution in [3.63, 3.8) is 0 Å². The fourth-order valence-electron chi connectivity index (χ4n) is 2.24. The van der Waals surface area contributed by atoms with Crippen LogP contribution in [0.25, 0.3) is 0 Å². The van der Waals surface area contributed by atoms with Crippen LogP contribution in [0.1, 0.15) is 12.0 Å². The lowest BCUT2D eigenvalue weighted by molar-refractivity contribution is -0.119. The molecule has 0 saturated carbocycles. The monoisotopic (exact) mass is 266 g/mol. The average molecular weight is 267 g/mol. The number of nitrogens with zero attached hydrogens (tertiary/aromatic N) is 1. The Morgan fingerprint density at radius 3 is 3.06 bits per heavy atom. The van der Waals surface area contributed by atoms with Crippen LogP contribution in [-0.2, 0) is 11.2 Å². The average Bonchev–Trinajstić information content (AvgIpc) is 2.57. The topological polar surface area (TPSA) is 32.3 Å². The van der Waals surface area contributed by atoms with Crippen LogP contribution in [-0.4, -0.2) is 43.4 Å².